The lowest BCUT2D eigenvalue weighted by atomic mass is 10.1. The Morgan fingerprint density at radius 2 is 1.88 bits per heavy atom. The predicted octanol–water partition coefficient (Wildman–Crippen LogP) is 2.81. The maximum absolute atomic E-state index is 14.0. The van der Waals surface area contributed by atoms with Crippen LogP contribution in [0.3, 0.4) is 0 Å². The second kappa shape index (κ2) is 8.32. The van der Waals surface area contributed by atoms with Gasteiger partial charge in [-0.2, -0.15) is 0 Å². The Balaban J connectivity index is 3.12. The van der Waals surface area contributed by atoms with E-state index < -0.39 is 35.0 Å². The van der Waals surface area contributed by atoms with E-state index in [2.05, 4.69) is 10.1 Å². The van der Waals surface area contributed by atoms with Crippen molar-refractivity contribution < 1.29 is 38.1 Å². The zero-order chi connectivity index (χ0) is 19.2. The first-order valence-corrected chi connectivity index (χ1v) is 7.30. The lowest BCUT2D eigenvalue weighted by Crippen LogP contribution is -2.27. The first kappa shape index (κ1) is 20.2. The van der Waals surface area contributed by atoms with Gasteiger partial charge in [-0.1, -0.05) is 0 Å². The van der Waals surface area contributed by atoms with E-state index in [4.69, 9.17) is 14.6 Å². The molecule has 0 aliphatic rings. The largest absolute Gasteiger partial charge is 0.491 e. The van der Waals surface area contributed by atoms with Crippen LogP contribution in [0.1, 0.15) is 37.6 Å². The number of ether oxygens (including phenoxy) is 3. The molecule has 1 rings (SSSR count). The summed E-state index contributed by atoms with van der Waals surface area (Å²) in [5, 5.41) is 11.0. The number of benzene rings is 1. The fourth-order valence-corrected chi connectivity index (χ4v) is 1.70. The minimum Gasteiger partial charge on any atom is -0.491 e. The number of hydrogen-bond acceptors (Lipinski definition) is 6. The van der Waals surface area contributed by atoms with Gasteiger partial charge in [0.25, 0.3) is 0 Å². The average molecular weight is 357 g/mol. The van der Waals surface area contributed by atoms with Crippen LogP contribution in [0.4, 0.5) is 14.9 Å². The summed E-state index contributed by atoms with van der Waals surface area (Å²) in [6, 6.07) is 1.89. The summed E-state index contributed by atoms with van der Waals surface area (Å²) in [6.45, 7) is 4.71. The minimum absolute atomic E-state index is 0.0542. The molecule has 0 fully saturated rings. The first-order chi connectivity index (χ1) is 11.5. The number of carbonyl (C=O) groups excluding carboxylic acids is 2. The highest BCUT2D eigenvalue weighted by atomic mass is 19.1. The zero-order valence-corrected chi connectivity index (χ0v) is 14.3. The standard InChI is InChI=1S/C16H20FNO7/c1-16(2,3)25-15(22)18-11-7-9(14(21)23-4)10(17)8-12(11)24-6-5-13(19)20/h7-8H,5-6H2,1-4H3,(H,18,22)(H,19,20). The quantitative estimate of drug-likeness (QED) is 0.753. The van der Waals surface area contributed by atoms with Crippen LogP contribution in [0.15, 0.2) is 12.1 Å². The lowest BCUT2D eigenvalue weighted by Gasteiger charge is -2.20. The van der Waals surface area contributed by atoms with Crippen LogP contribution < -0.4 is 10.1 Å². The van der Waals surface area contributed by atoms with E-state index in [1.165, 1.54) is 0 Å². The predicted molar refractivity (Wildman–Crippen MR) is 85.3 cm³/mol. The molecular weight excluding hydrogens is 337 g/mol. The summed E-state index contributed by atoms with van der Waals surface area (Å²) in [5.41, 5.74) is -1.25. The first-order valence-electron chi connectivity index (χ1n) is 7.30. The molecule has 9 heteroatoms. The molecule has 0 aromatic heterocycles. The van der Waals surface area contributed by atoms with Crippen LogP contribution in [0.2, 0.25) is 0 Å². The molecule has 25 heavy (non-hydrogen) atoms. The number of carboxylic acids is 1. The average Bonchev–Trinajstić information content (AvgIpc) is 2.46. The van der Waals surface area contributed by atoms with Crippen LogP contribution in [-0.2, 0) is 14.3 Å². The highest BCUT2D eigenvalue weighted by Crippen LogP contribution is 2.29. The van der Waals surface area contributed by atoms with E-state index in [9.17, 15) is 18.8 Å². The van der Waals surface area contributed by atoms with Gasteiger partial charge in [0.05, 0.1) is 31.4 Å². The second-order valence-electron chi connectivity index (χ2n) is 5.94. The summed E-state index contributed by atoms with van der Waals surface area (Å²) < 4.78 is 28.8. The third-order valence-corrected chi connectivity index (χ3v) is 2.68. The van der Waals surface area contributed by atoms with Gasteiger partial charge in [0.15, 0.2) is 0 Å². The van der Waals surface area contributed by atoms with E-state index >= 15 is 0 Å². The number of anilines is 1. The third-order valence-electron chi connectivity index (χ3n) is 2.68. The van der Waals surface area contributed by atoms with Crippen molar-refractivity contribution in [2.24, 2.45) is 0 Å². The maximum atomic E-state index is 14.0. The topological polar surface area (TPSA) is 111 Å². The molecule has 1 aromatic carbocycles. The molecule has 0 radical (unpaired) electrons. The molecule has 0 saturated heterocycles. The molecule has 8 nitrogen and oxygen atoms in total. The lowest BCUT2D eigenvalue weighted by molar-refractivity contribution is -0.137. The molecule has 1 aromatic rings. The fraction of sp³-hybridized carbons (Fsp3) is 0.438. The van der Waals surface area contributed by atoms with Gasteiger partial charge in [-0.15, -0.1) is 0 Å². The Bertz CT molecular complexity index is 667. The number of rotatable bonds is 6. The summed E-state index contributed by atoms with van der Waals surface area (Å²) in [4.78, 5) is 34.0. The molecule has 0 aliphatic carbocycles. The number of aliphatic carboxylic acids is 1. The number of esters is 1. The number of nitrogens with one attached hydrogen (secondary N) is 1. The molecule has 0 heterocycles. The van der Waals surface area contributed by atoms with Crippen LogP contribution in [-0.4, -0.2) is 42.5 Å². The normalized spacial score (nSPS) is 10.8. The van der Waals surface area contributed by atoms with Gasteiger partial charge in [-0.25, -0.2) is 14.0 Å². The number of halogens is 1. The summed E-state index contributed by atoms with van der Waals surface area (Å²) in [7, 11) is 1.08. The Kier molecular flexibility index (Phi) is 6.72. The van der Waals surface area contributed by atoms with Crippen molar-refractivity contribution >= 4 is 23.7 Å². The smallest absolute Gasteiger partial charge is 0.412 e. The van der Waals surface area contributed by atoms with E-state index in [0.717, 1.165) is 19.2 Å². The van der Waals surface area contributed by atoms with E-state index in [1.807, 2.05) is 0 Å². The van der Waals surface area contributed by atoms with Crippen molar-refractivity contribution in [1.29, 1.82) is 0 Å². The van der Waals surface area contributed by atoms with Gasteiger partial charge in [0.2, 0.25) is 0 Å². The Morgan fingerprint density at radius 3 is 2.40 bits per heavy atom. The molecular formula is C16H20FNO7. The SMILES string of the molecule is COC(=O)c1cc(NC(=O)OC(C)(C)C)c(OCCC(=O)O)cc1F. The number of hydrogen-bond donors (Lipinski definition) is 2. The molecule has 0 aliphatic heterocycles. The van der Waals surface area contributed by atoms with Crippen LogP contribution in [0.25, 0.3) is 0 Å². The number of carboxylic acid groups (broad SMARTS) is 1. The number of methoxy groups -OCH3 is 1. The molecule has 2 N–H and O–H groups in total. The van der Waals surface area contributed by atoms with Gasteiger partial charge >= 0.3 is 18.0 Å². The van der Waals surface area contributed by atoms with Gasteiger partial charge < -0.3 is 19.3 Å². The maximum Gasteiger partial charge on any atom is 0.412 e. The summed E-state index contributed by atoms with van der Waals surface area (Å²) in [6.07, 6.45) is -1.18. The molecule has 0 saturated carbocycles. The summed E-state index contributed by atoms with van der Waals surface area (Å²) in [5.74, 6) is -3.13. The van der Waals surface area contributed by atoms with Gasteiger partial charge in [0, 0.05) is 6.07 Å². The van der Waals surface area contributed by atoms with E-state index in [1.54, 1.807) is 20.8 Å². The zero-order valence-electron chi connectivity index (χ0n) is 14.3. The second-order valence-corrected chi connectivity index (χ2v) is 5.94. The molecule has 0 spiro atoms. The van der Waals surface area contributed by atoms with Crippen molar-refractivity contribution in [2.75, 3.05) is 19.0 Å². The van der Waals surface area contributed by atoms with Crippen molar-refractivity contribution in [3.05, 3.63) is 23.5 Å². The Hall–Kier alpha value is -2.84. The van der Waals surface area contributed by atoms with Crippen molar-refractivity contribution in [3.63, 3.8) is 0 Å². The third kappa shape index (κ3) is 6.66. The van der Waals surface area contributed by atoms with Crippen LogP contribution >= 0.6 is 0 Å². The minimum atomic E-state index is -1.10. The van der Waals surface area contributed by atoms with Gasteiger partial charge in [-0.05, 0) is 26.8 Å². The molecule has 1 amide bonds. The highest BCUT2D eigenvalue weighted by molar-refractivity contribution is 5.94. The highest BCUT2D eigenvalue weighted by Gasteiger charge is 2.21. The summed E-state index contributed by atoms with van der Waals surface area (Å²) >= 11 is 0. The van der Waals surface area contributed by atoms with Crippen LogP contribution in [0, 0.1) is 5.82 Å². The van der Waals surface area contributed by atoms with Crippen molar-refractivity contribution in [3.8, 4) is 5.75 Å². The van der Waals surface area contributed by atoms with E-state index in [-0.39, 0.29) is 24.5 Å². The number of amides is 1. The Morgan fingerprint density at radius 1 is 1.24 bits per heavy atom. The number of carbonyl (C=O) groups is 3. The van der Waals surface area contributed by atoms with Crippen molar-refractivity contribution in [2.45, 2.75) is 32.8 Å². The molecule has 0 unspecified atom stereocenters. The van der Waals surface area contributed by atoms with Crippen LogP contribution in [0.5, 0.6) is 5.75 Å². The molecule has 0 bridgehead atoms. The monoisotopic (exact) mass is 357 g/mol. The van der Waals surface area contributed by atoms with E-state index in [0.29, 0.717) is 0 Å². The van der Waals surface area contributed by atoms with Gasteiger partial charge in [-0.3, -0.25) is 10.1 Å². The fourth-order valence-electron chi connectivity index (χ4n) is 1.70. The Labute approximate surface area is 143 Å². The van der Waals surface area contributed by atoms with Gasteiger partial charge in [0.1, 0.15) is 17.2 Å². The van der Waals surface area contributed by atoms with Crippen molar-refractivity contribution in [1.82, 2.24) is 0 Å². The molecule has 0 atom stereocenters. The molecule has 138 valence electrons.